The van der Waals surface area contributed by atoms with E-state index in [9.17, 15) is 4.79 Å². The Hall–Kier alpha value is -2.82. The van der Waals surface area contributed by atoms with Crippen molar-refractivity contribution in [3.8, 4) is 11.5 Å². The fourth-order valence-corrected chi connectivity index (χ4v) is 2.03. The SMILES string of the molecule is CCOc1ccccc1C(=O)NN=C(C)c1ccc(OC)cc1. The van der Waals surface area contributed by atoms with Crippen molar-refractivity contribution < 1.29 is 14.3 Å². The van der Waals surface area contributed by atoms with Crippen molar-refractivity contribution in [1.82, 2.24) is 5.43 Å². The second kappa shape index (κ2) is 7.98. The number of hydrogen-bond acceptors (Lipinski definition) is 4. The molecule has 2 rings (SSSR count). The second-order valence-corrected chi connectivity index (χ2v) is 4.80. The quantitative estimate of drug-likeness (QED) is 0.658. The van der Waals surface area contributed by atoms with Crippen LogP contribution in [0.25, 0.3) is 0 Å². The Kier molecular flexibility index (Phi) is 5.74. The van der Waals surface area contributed by atoms with Gasteiger partial charge in [0.1, 0.15) is 11.5 Å². The fourth-order valence-electron chi connectivity index (χ4n) is 2.03. The topological polar surface area (TPSA) is 59.9 Å². The van der Waals surface area contributed by atoms with Crippen LogP contribution in [0.5, 0.6) is 11.5 Å². The molecule has 0 saturated heterocycles. The van der Waals surface area contributed by atoms with Crippen molar-refractivity contribution in [1.29, 1.82) is 0 Å². The highest BCUT2D eigenvalue weighted by atomic mass is 16.5. The number of ether oxygens (including phenoxy) is 2. The van der Waals surface area contributed by atoms with Crippen LogP contribution in [-0.4, -0.2) is 25.3 Å². The molecule has 0 aliphatic rings. The van der Waals surface area contributed by atoms with Gasteiger partial charge < -0.3 is 9.47 Å². The Morgan fingerprint density at radius 1 is 1.13 bits per heavy atom. The van der Waals surface area contributed by atoms with E-state index in [2.05, 4.69) is 10.5 Å². The van der Waals surface area contributed by atoms with E-state index in [-0.39, 0.29) is 5.91 Å². The maximum atomic E-state index is 12.3. The summed E-state index contributed by atoms with van der Waals surface area (Å²) < 4.78 is 10.6. The zero-order valence-corrected chi connectivity index (χ0v) is 13.5. The monoisotopic (exact) mass is 312 g/mol. The highest BCUT2D eigenvalue weighted by Gasteiger charge is 2.11. The van der Waals surface area contributed by atoms with Crippen LogP contribution in [0, 0.1) is 0 Å². The van der Waals surface area contributed by atoms with Crippen LogP contribution < -0.4 is 14.9 Å². The predicted octanol–water partition coefficient (Wildman–Crippen LogP) is 3.25. The first-order chi connectivity index (χ1) is 11.2. The zero-order valence-electron chi connectivity index (χ0n) is 13.5. The summed E-state index contributed by atoms with van der Waals surface area (Å²) in [5, 5.41) is 4.15. The number of carbonyl (C=O) groups is 1. The minimum Gasteiger partial charge on any atom is -0.497 e. The Balaban J connectivity index is 2.10. The molecule has 1 N–H and O–H groups in total. The lowest BCUT2D eigenvalue weighted by atomic mass is 10.1. The van der Waals surface area contributed by atoms with Crippen LogP contribution in [0.2, 0.25) is 0 Å². The number of hydrogen-bond donors (Lipinski definition) is 1. The van der Waals surface area contributed by atoms with Crippen molar-refractivity contribution in [2.45, 2.75) is 13.8 Å². The van der Waals surface area contributed by atoms with Gasteiger partial charge in [0.2, 0.25) is 0 Å². The van der Waals surface area contributed by atoms with Crippen LogP contribution >= 0.6 is 0 Å². The number of nitrogens with one attached hydrogen (secondary N) is 1. The summed E-state index contributed by atoms with van der Waals surface area (Å²) in [5.41, 5.74) is 4.63. The van der Waals surface area contributed by atoms with Gasteiger partial charge in [-0.25, -0.2) is 5.43 Å². The molecule has 0 heterocycles. The van der Waals surface area contributed by atoms with E-state index in [1.807, 2.05) is 44.2 Å². The van der Waals surface area contributed by atoms with Crippen molar-refractivity contribution in [3.05, 3.63) is 59.7 Å². The van der Waals surface area contributed by atoms with Gasteiger partial charge in [-0.2, -0.15) is 5.10 Å². The van der Waals surface area contributed by atoms with E-state index in [4.69, 9.17) is 9.47 Å². The average Bonchev–Trinajstić information content (AvgIpc) is 2.60. The molecule has 0 aliphatic heterocycles. The first-order valence-electron chi connectivity index (χ1n) is 7.36. The summed E-state index contributed by atoms with van der Waals surface area (Å²) >= 11 is 0. The average molecular weight is 312 g/mol. The molecular weight excluding hydrogens is 292 g/mol. The molecule has 2 aromatic rings. The Bertz CT molecular complexity index is 694. The van der Waals surface area contributed by atoms with Gasteiger partial charge in [0, 0.05) is 0 Å². The van der Waals surface area contributed by atoms with E-state index < -0.39 is 0 Å². The van der Waals surface area contributed by atoms with Crippen LogP contribution in [0.3, 0.4) is 0 Å². The summed E-state index contributed by atoms with van der Waals surface area (Å²) in [4.78, 5) is 12.3. The molecule has 0 aliphatic carbocycles. The van der Waals surface area contributed by atoms with Gasteiger partial charge in [0.15, 0.2) is 0 Å². The van der Waals surface area contributed by atoms with Crippen molar-refractivity contribution in [2.24, 2.45) is 5.10 Å². The van der Waals surface area contributed by atoms with Crippen LogP contribution in [0.1, 0.15) is 29.8 Å². The predicted molar refractivity (Wildman–Crippen MR) is 90.3 cm³/mol. The van der Waals surface area contributed by atoms with E-state index in [1.54, 1.807) is 25.3 Å². The van der Waals surface area contributed by atoms with Gasteiger partial charge in [-0.3, -0.25) is 4.79 Å². The highest BCUT2D eigenvalue weighted by Crippen LogP contribution is 2.17. The number of methoxy groups -OCH3 is 1. The number of nitrogens with zero attached hydrogens (tertiary/aromatic N) is 1. The standard InChI is InChI=1S/C18H20N2O3/c1-4-23-17-8-6-5-7-16(17)18(21)20-19-13(2)14-9-11-15(22-3)12-10-14/h5-12H,4H2,1-3H3,(H,20,21). The lowest BCUT2D eigenvalue weighted by Crippen LogP contribution is -2.20. The maximum Gasteiger partial charge on any atom is 0.275 e. The first kappa shape index (κ1) is 16.5. The zero-order chi connectivity index (χ0) is 16.7. The third kappa shape index (κ3) is 4.32. The molecule has 0 spiro atoms. The summed E-state index contributed by atoms with van der Waals surface area (Å²) in [6, 6.07) is 14.6. The summed E-state index contributed by atoms with van der Waals surface area (Å²) in [5.74, 6) is 1.02. The smallest absolute Gasteiger partial charge is 0.275 e. The van der Waals surface area contributed by atoms with E-state index >= 15 is 0 Å². The van der Waals surface area contributed by atoms with Crippen molar-refractivity contribution in [3.63, 3.8) is 0 Å². The van der Waals surface area contributed by atoms with Crippen LogP contribution in [0.4, 0.5) is 0 Å². The first-order valence-corrected chi connectivity index (χ1v) is 7.36. The van der Waals surface area contributed by atoms with Gasteiger partial charge in [-0.1, -0.05) is 12.1 Å². The van der Waals surface area contributed by atoms with Gasteiger partial charge >= 0.3 is 0 Å². The maximum absolute atomic E-state index is 12.3. The van der Waals surface area contributed by atoms with Gasteiger partial charge in [-0.15, -0.1) is 0 Å². The molecule has 0 saturated carbocycles. The third-order valence-electron chi connectivity index (χ3n) is 3.26. The molecule has 5 nitrogen and oxygen atoms in total. The molecule has 0 atom stereocenters. The van der Waals surface area contributed by atoms with Gasteiger partial charge in [-0.05, 0) is 55.8 Å². The van der Waals surface area contributed by atoms with E-state index in [0.29, 0.717) is 23.6 Å². The molecule has 23 heavy (non-hydrogen) atoms. The normalized spacial score (nSPS) is 11.0. The molecule has 120 valence electrons. The Morgan fingerprint density at radius 2 is 1.83 bits per heavy atom. The second-order valence-electron chi connectivity index (χ2n) is 4.80. The Labute approximate surface area is 135 Å². The molecule has 0 unspecified atom stereocenters. The summed E-state index contributed by atoms with van der Waals surface area (Å²) in [6.45, 7) is 4.20. The molecule has 0 radical (unpaired) electrons. The lowest BCUT2D eigenvalue weighted by Gasteiger charge is -2.09. The highest BCUT2D eigenvalue weighted by molar-refractivity contribution is 6.01. The number of hydrazone groups is 1. The molecule has 1 amide bonds. The fraction of sp³-hybridized carbons (Fsp3) is 0.222. The minimum absolute atomic E-state index is 0.304. The molecular formula is C18H20N2O3. The molecule has 0 fully saturated rings. The molecule has 5 heteroatoms. The molecule has 0 aromatic heterocycles. The van der Waals surface area contributed by atoms with Gasteiger partial charge in [0.25, 0.3) is 5.91 Å². The third-order valence-corrected chi connectivity index (χ3v) is 3.26. The van der Waals surface area contributed by atoms with Gasteiger partial charge in [0.05, 0.1) is 25.0 Å². The number of para-hydroxylation sites is 1. The van der Waals surface area contributed by atoms with Crippen LogP contribution in [-0.2, 0) is 0 Å². The van der Waals surface area contributed by atoms with Crippen molar-refractivity contribution in [2.75, 3.05) is 13.7 Å². The number of benzene rings is 2. The largest absolute Gasteiger partial charge is 0.497 e. The summed E-state index contributed by atoms with van der Waals surface area (Å²) in [6.07, 6.45) is 0. The lowest BCUT2D eigenvalue weighted by molar-refractivity contribution is 0.0951. The molecule has 0 bridgehead atoms. The Morgan fingerprint density at radius 3 is 2.48 bits per heavy atom. The van der Waals surface area contributed by atoms with E-state index in [1.165, 1.54) is 0 Å². The number of amides is 1. The number of rotatable bonds is 6. The summed E-state index contributed by atoms with van der Waals surface area (Å²) in [7, 11) is 1.62. The number of carbonyl (C=O) groups excluding carboxylic acids is 1. The van der Waals surface area contributed by atoms with Crippen molar-refractivity contribution >= 4 is 11.6 Å². The minimum atomic E-state index is -0.304. The van der Waals surface area contributed by atoms with E-state index in [0.717, 1.165) is 11.3 Å². The van der Waals surface area contributed by atoms with Crippen LogP contribution in [0.15, 0.2) is 53.6 Å². The molecule has 2 aromatic carbocycles.